The molecule has 1 aliphatic rings. The molecule has 0 saturated carbocycles. The molecule has 1 saturated heterocycles. The van der Waals surface area contributed by atoms with Gasteiger partial charge in [-0.3, -0.25) is 4.90 Å². The highest BCUT2D eigenvalue weighted by molar-refractivity contribution is 5.27. The Morgan fingerprint density at radius 1 is 1.47 bits per heavy atom. The van der Waals surface area contributed by atoms with Crippen LogP contribution in [0.25, 0.3) is 0 Å². The number of nitrogens with zero attached hydrogens (tertiary/aromatic N) is 1. The zero-order valence-corrected chi connectivity index (χ0v) is 10.2. The first kappa shape index (κ1) is 12.3. The Labute approximate surface area is 101 Å². The average molecular weight is 239 g/mol. The third-order valence-corrected chi connectivity index (χ3v) is 3.09. The number of halogens is 1. The third-order valence-electron chi connectivity index (χ3n) is 3.09. The topological polar surface area (TPSA) is 21.7 Å². The molecule has 17 heavy (non-hydrogen) atoms. The predicted octanol–water partition coefficient (Wildman–Crippen LogP) is 2.21. The Morgan fingerprint density at radius 2 is 2.18 bits per heavy atom. The summed E-state index contributed by atoms with van der Waals surface area (Å²) in [5.74, 6) is 0.835. The van der Waals surface area contributed by atoms with Gasteiger partial charge in [0.05, 0.1) is 26.5 Å². The van der Waals surface area contributed by atoms with E-state index in [0.29, 0.717) is 19.9 Å². The lowest BCUT2D eigenvalue weighted by molar-refractivity contribution is 0.125. The second kappa shape index (κ2) is 5.47. The van der Waals surface area contributed by atoms with Gasteiger partial charge in [-0.05, 0) is 24.6 Å². The van der Waals surface area contributed by atoms with Gasteiger partial charge in [0.25, 0.3) is 0 Å². The van der Waals surface area contributed by atoms with Crippen LogP contribution < -0.4 is 4.74 Å². The maximum Gasteiger partial charge on any atom is 0.118 e. The first-order valence-electron chi connectivity index (χ1n) is 5.79. The van der Waals surface area contributed by atoms with E-state index in [-0.39, 0.29) is 6.04 Å². The molecule has 3 nitrogen and oxygen atoms in total. The lowest BCUT2D eigenvalue weighted by Crippen LogP contribution is -2.36. The molecule has 0 N–H and O–H groups in total. The first-order chi connectivity index (χ1) is 8.20. The van der Waals surface area contributed by atoms with Gasteiger partial charge in [0, 0.05) is 6.54 Å². The van der Waals surface area contributed by atoms with E-state index in [0.717, 1.165) is 11.3 Å². The monoisotopic (exact) mass is 239 g/mol. The Bertz CT molecular complexity index is 353. The van der Waals surface area contributed by atoms with E-state index in [1.54, 1.807) is 14.0 Å². The second-order valence-electron chi connectivity index (χ2n) is 4.34. The average Bonchev–Trinajstić information content (AvgIpc) is 2.78. The highest BCUT2D eigenvalue weighted by atomic mass is 19.1. The summed E-state index contributed by atoms with van der Waals surface area (Å²) in [5, 5.41) is 0. The van der Waals surface area contributed by atoms with Crippen molar-refractivity contribution >= 4 is 0 Å². The third kappa shape index (κ3) is 2.96. The van der Waals surface area contributed by atoms with Crippen LogP contribution in [0.3, 0.4) is 0 Å². The van der Waals surface area contributed by atoms with Crippen molar-refractivity contribution in [3.63, 3.8) is 0 Å². The van der Waals surface area contributed by atoms with Crippen LogP contribution >= 0.6 is 0 Å². The summed E-state index contributed by atoms with van der Waals surface area (Å²) in [6, 6.07) is 7.70. The van der Waals surface area contributed by atoms with Gasteiger partial charge in [-0.15, -0.1) is 0 Å². The number of methoxy groups -OCH3 is 1. The van der Waals surface area contributed by atoms with E-state index in [2.05, 4.69) is 0 Å². The van der Waals surface area contributed by atoms with Crippen LogP contribution in [0.2, 0.25) is 0 Å². The molecule has 1 aromatic carbocycles. The zero-order chi connectivity index (χ0) is 12.3. The fraction of sp³-hybridized carbons (Fsp3) is 0.538. The molecule has 0 radical (unpaired) electrons. The summed E-state index contributed by atoms with van der Waals surface area (Å²) >= 11 is 0. The van der Waals surface area contributed by atoms with Gasteiger partial charge in [-0.1, -0.05) is 12.1 Å². The number of alkyl halides is 1. The van der Waals surface area contributed by atoms with Crippen LogP contribution in [0.4, 0.5) is 4.39 Å². The van der Waals surface area contributed by atoms with Crippen LogP contribution in [0.5, 0.6) is 5.75 Å². The lowest BCUT2D eigenvalue weighted by Gasteiger charge is -2.23. The number of hydrogen-bond acceptors (Lipinski definition) is 3. The molecule has 0 aliphatic carbocycles. The number of ether oxygens (including phenoxy) is 2. The summed E-state index contributed by atoms with van der Waals surface area (Å²) in [7, 11) is 1.64. The van der Waals surface area contributed by atoms with Gasteiger partial charge in [0.1, 0.15) is 11.9 Å². The van der Waals surface area contributed by atoms with Gasteiger partial charge in [0.15, 0.2) is 0 Å². The van der Waals surface area contributed by atoms with Crippen molar-refractivity contribution in [1.82, 2.24) is 4.90 Å². The molecule has 1 fully saturated rings. The quantitative estimate of drug-likeness (QED) is 0.804. The van der Waals surface area contributed by atoms with E-state index < -0.39 is 6.17 Å². The van der Waals surface area contributed by atoms with E-state index in [4.69, 9.17) is 9.47 Å². The molecule has 0 bridgehead atoms. The lowest BCUT2D eigenvalue weighted by atomic mass is 10.1. The SMILES string of the molecule is COc1ccc(CN2COCC2[C@@H](C)F)cc1. The normalized spacial score (nSPS) is 22.6. The Balaban J connectivity index is 1.99. The van der Waals surface area contributed by atoms with Gasteiger partial charge < -0.3 is 9.47 Å². The highest BCUT2D eigenvalue weighted by Crippen LogP contribution is 2.20. The van der Waals surface area contributed by atoms with E-state index in [9.17, 15) is 4.39 Å². The minimum Gasteiger partial charge on any atom is -0.497 e. The molecule has 2 rings (SSSR count). The molecule has 0 amide bonds. The number of rotatable bonds is 4. The van der Waals surface area contributed by atoms with Crippen molar-refractivity contribution in [2.75, 3.05) is 20.4 Å². The van der Waals surface area contributed by atoms with Crippen LogP contribution in [0.1, 0.15) is 12.5 Å². The van der Waals surface area contributed by atoms with E-state index >= 15 is 0 Å². The fourth-order valence-electron chi connectivity index (χ4n) is 2.04. The van der Waals surface area contributed by atoms with E-state index in [1.165, 1.54) is 0 Å². The molecule has 0 aromatic heterocycles. The summed E-state index contributed by atoms with van der Waals surface area (Å²) in [6.45, 7) is 3.28. The summed E-state index contributed by atoms with van der Waals surface area (Å²) in [4.78, 5) is 2.02. The molecule has 1 aliphatic heterocycles. The van der Waals surface area contributed by atoms with Crippen molar-refractivity contribution in [3.8, 4) is 5.75 Å². The maximum atomic E-state index is 13.3. The Kier molecular flexibility index (Phi) is 3.97. The zero-order valence-electron chi connectivity index (χ0n) is 10.2. The number of hydrogen-bond donors (Lipinski definition) is 0. The summed E-state index contributed by atoms with van der Waals surface area (Å²) < 4.78 is 23.7. The minimum atomic E-state index is -0.865. The summed E-state index contributed by atoms with van der Waals surface area (Å²) in [6.07, 6.45) is -0.865. The first-order valence-corrected chi connectivity index (χ1v) is 5.79. The van der Waals surface area contributed by atoms with Crippen molar-refractivity contribution in [2.45, 2.75) is 25.7 Å². The second-order valence-corrected chi connectivity index (χ2v) is 4.34. The standard InChI is InChI=1S/C13H18FNO2/c1-10(14)13-8-17-9-15(13)7-11-3-5-12(16-2)6-4-11/h3-6,10,13H,7-9H2,1-2H3/t10-,13?/m1/s1. The van der Waals surface area contributed by atoms with Crippen molar-refractivity contribution < 1.29 is 13.9 Å². The summed E-state index contributed by atoms with van der Waals surface area (Å²) in [5.41, 5.74) is 1.14. The fourth-order valence-corrected chi connectivity index (χ4v) is 2.04. The molecule has 4 heteroatoms. The molecular formula is C13H18FNO2. The Hall–Kier alpha value is -1.13. The maximum absolute atomic E-state index is 13.3. The molecule has 2 atom stereocenters. The van der Waals surface area contributed by atoms with Crippen LogP contribution in [0.15, 0.2) is 24.3 Å². The molecule has 1 unspecified atom stereocenters. The Morgan fingerprint density at radius 3 is 2.76 bits per heavy atom. The van der Waals surface area contributed by atoms with Crippen LogP contribution in [-0.2, 0) is 11.3 Å². The largest absolute Gasteiger partial charge is 0.497 e. The highest BCUT2D eigenvalue weighted by Gasteiger charge is 2.29. The molecule has 1 aromatic rings. The van der Waals surface area contributed by atoms with Gasteiger partial charge in [-0.25, -0.2) is 4.39 Å². The molecule has 1 heterocycles. The molecular weight excluding hydrogens is 221 g/mol. The van der Waals surface area contributed by atoms with Crippen LogP contribution in [-0.4, -0.2) is 37.6 Å². The van der Waals surface area contributed by atoms with Gasteiger partial charge in [0.2, 0.25) is 0 Å². The van der Waals surface area contributed by atoms with Gasteiger partial charge >= 0.3 is 0 Å². The smallest absolute Gasteiger partial charge is 0.118 e. The predicted molar refractivity (Wildman–Crippen MR) is 63.7 cm³/mol. The molecule has 0 spiro atoms. The van der Waals surface area contributed by atoms with Gasteiger partial charge in [-0.2, -0.15) is 0 Å². The van der Waals surface area contributed by atoms with Crippen molar-refractivity contribution in [3.05, 3.63) is 29.8 Å². The van der Waals surface area contributed by atoms with Crippen molar-refractivity contribution in [1.29, 1.82) is 0 Å². The number of benzene rings is 1. The van der Waals surface area contributed by atoms with E-state index in [1.807, 2.05) is 29.2 Å². The van der Waals surface area contributed by atoms with Crippen molar-refractivity contribution in [2.24, 2.45) is 0 Å². The van der Waals surface area contributed by atoms with Crippen LogP contribution in [0, 0.1) is 0 Å². The molecule has 94 valence electrons. The minimum absolute atomic E-state index is 0.128.